The van der Waals surface area contributed by atoms with Crippen molar-refractivity contribution in [1.29, 1.82) is 0 Å². The lowest BCUT2D eigenvalue weighted by Gasteiger charge is -2.39. The molecule has 2 aliphatic rings. The lowest BCUT2D eigenvalue weighted by atomic mass is 9.66. The fourth-order valence-electron chi connectivity index (χ4n) is 10.6. The summed E-state index contributed by atoms with van der Waals surface area (Å²) in [6.07, 6.45) is 0. The maximum absolute atomic E-state index is 6.69. The second kappa shape index (κ2) is 13.4. The van der Waals surface area contributed by atoms with Gasteiger partial charge in [-0.25, -0.2) is 0 Å². The van der Waals surface area contributed by atoms with Crippen LogP contribution in [0.4, 0.5) is 17.1 Å². The van der Waals surface area contributed by atoms with Crippen LogP contribution in [-0.4, -0.2) is 4.57 Å². The van der Waals surface area contributed by atoms with Crippen LogP contribution in [0.1, 0.15) is 22.3 Å². The van der Waals surface area contributed by atoms with E-state index < -0.39 is 5.41 Å². The first-order chi connectivity index (χ1) is 30.8. The van der Waals surface area contributed by atoms with E-state index in [2.05, 4.69) is 240 Å². The Bertz CT molecular complexity index is 3500. The second-order valence-corrected chi connectivity index (χ2v) is 16.4. The van der Waals surface area contributed by atoms with Gasteiger partial charge < -0.3 is 14.2 Å². The topological polar surface area (TPSA) is 17.4 Å². The summed E-state index contributed by atoms with van der Waals surface area (Å²) in [6.45, 7) is 0. The molecule has 1 spiro atoms. The molecule has 0 atom stereocenters. The van der Waals surface area contributed by atoms with Crippen LogP contribution in [0.15, 0.2) is 231 Å². The average molecular weight is 791 g/mol. The summed E-state index contributed by atoms with van der Waals surface area (Å²) in [6, 6.07) is 83.9. The van der Waals surface area contributed by atoms with E-state index in [9.17, 15) is 0 Å². The van der Waals surface area contributed by atoms with Gasteiger partial charge in [-0.15, -0.1) is 0 Å². The van der Waals surface area contributed by atoms with E-state index in [-0.39, 0.29) is 0 Å². The summed E-state index contributed by atoms with van der Waals surface area (Å²) < 4.78 is 9.07. The first-order valence-electron chi connectivity index (χ1n) is 21.3. The Kier molecular flexibility index (Phi) is 7.52. The molecule has 1 aromatic heterocycles. The molecule has 0 bridgehead atoms. The van der Waals surface area contributed by atoms with Crippen LogP contribution in [-0.2, 0) is 5.41 Å². The summed E-state index contributed by atoms with van der Waals surface area (Å²) in [5, 5.41) is 4.90. The zero-order chi connectivity index (χ0) is 40.8. The standard InChI is InChI=1S/C59H38N2O/c1-3-15-39(16-4-1)40-27-30-43(31-28-40)60(45-33-36-55-48(37-45)47-21-9-12-24-54(47)61(55)42-18-5-2-6-19-42)44-32-35-50-49(38-44)58-46-20-8-7-17-41(46)29-34-53(58)59(50)51-22-10-13-25-56(51)62-57-26-14-11-23-52(57)59/h1-38H. The quantitative estimate of drug-likeness (QED) is 0.173. The number of para-hydroxylation sites is 4. The van der Waals surface area contributed by atoms with Crippen LogP contribution in [0.25, 0.3) is 60.5 Å². The van der Waals surface area contributed by atoms with Crippen molar-refractivity contribution in [3.05, 3.63) is 253 Å². The number of nitrogens with zero attached hydrogens (tertiary/aromatic N) is 2. The van der Waals surface area contributed by atoms with Crippen molar-refractivity contribution in [3.8, 4) is 39.4 Å². The normalized spacial score (nSPS) is 13.1. The Labute approximate surface area is 360 Å². The van der Waals surface area contributed by atoms with Crippen molar-refractivity contribution in [3.63, 3.8) is 0 Å². The van der Waals surface area contributed by atoms with Crippen molar-refractivity contribution in [1.82, 2.24) is 4.57 Å². The number of anilines is 3. The van der Waals surface area contributed by atoms with Gasteiger partial charge in [0.15, 0.2) is 0 Å². The molecule has 1 aliphatic heterocycles. The van der Waals surface area contributed by atoms with Crippen LogP contribution in [0.5, 0.6) is 11.5 Å². The zero-order valence-corrected chi connectivity index (χ0v) is 33.7. The maximum atomic E-state index is 6.69. The van der Waals surface area contributed by atoms with Gasteiger partial charge in [-0.2, -0.15) is 0 Å². The van der Waals surface area contributed by atoms with Crippen molar-refractivity contribution < 1.29 is 4.74 Å². The molecule has 10 aromatic carbocycles. The molecule has 3 nitrogen and oxygen atoms in total. The number of hydrogen-bond acceptors (Lipinski definition) is 2. The number of aromatic nitrogens is 1. The van der Waals surface area contributed by atoms with Crippen molar-refractivity contribution >= 4 is 49.6 Å². The minimum atomic E-state index is -0.570. The first kappa shape index (κ1) is 34.7. The number of rotatable bonds is 5. The van der Waals surface area contributed by atoms with Gasteiger partial charge in [0, 0.05) is 44.6 Å². The Morgan fingerprint density at radius 2 is 0.935 bits per heavy atom. The number of benzene rings is 10. The third kappa shape index (κ3) is 4.94. The van der Waals surface area contributed by atoms with E-state index >= 15 is 0 Å². The van der Waals surface area contributed by atoms with Gasteiger partial charge in [0.1, 0.15) is 11.5 Å². The molecule has 1 aliphatic carbocycles. The summed E-state index contributed by atoms with van der Waals surface area (Å²) >= 11 is 0. The van der Waals surface area contributed by atoms with Gasteiger partial charge >= 0.3 is 0 Å². The van der Waals surface area contributed by atoms with Crippen LogP contribution in [0.3, 0.4) is 0 Å². The molecule has 0 saturated heterocycles. The SMILES string of the molecule is c1ccc(-c2ccc(N(c3ccc4c(c3)-c3c(ccc5ccccc35)C43c4ccccc4Oc4ccccc43)c3ccc4c(c3)c3ccccc3n4-c3ccccc3)cc2)cc1. The minimum absolute atomic E-state index is 0.570. The molecular weight excluding hydrogens is 753 g/mol. The molecule has 0 radical (unpaired) electrons. The van der Waals surface area contributed by atoms with E-state index in [1.807, 2.05) is 0 Å². The molecular formula is C59H38N2O. The van der Waals surface area contributed by atoms with Gasteiger partial charge in [0.2, 0.25) is 0 Å². The van der Waals surface area contributed by atoms with Crippen LogP contribution in [0.2, 0.25) is 0 Å². The molecule has 0 unspecified atom stereocenters. The molecule has 0 fully saturated rings. The molecule has 13 rings (SSSR count). The van der Waals surface area contributed by atoms with Crippen molar-refractivity contribution in [2.24, 2.45) is 0 Å². The highest BCUT2D eigenvalue weighted by atomic mass is 16.5. The Balaban J connectivity index is 1.08. The van der Waals surface area contributed by atoms with E-state index in [0.717, 1.165) is 45.4 Å². The van der Waals surface area contributed by atoms with Crippen LogP contribution >= 0.6 is 0 Å². The average Bonchev–Trinajstić information content (AvgIpc) is 3.83. The van der Waals surface area contributed by atoms with Gasteiger partial charge in [0.05, 0.1) is 16.4 Å². The van der Waals surface area contributed by atoms with Gasteiger partial charge in [0.25, 0.3) is 0 Å². The van der Waals surface area contributed by atoms with Gasteiger partial charge in [-0.3, -0.25) is 0 Å². The van der Waals surface area contributed by atoms with Gasteiger partial charge in [-0.1, -0.05) is 158 Å². The maximum Gasteiger partial charge on any atom is 0.132 e. The Morgan fingerprint density at radius 3 is 1.71 bits per heavy atom. The monoisotopic (exact) mass is 790 g/mol. The molecule has 2 heterocycles. The third-order valence-electron chi connectivity index (χ3n) is 13.2. The van der Waals surface area contributed by atoms with E-state index in [1.165, 1.54) is 66.0 Å². The highest BCUT2D eigenvalue weighted by Gasteiger charge is 2.51. The molecule has 290 valence electrons. The number of hydrogen-bond donors (Lipinski definition) is 0. The molecule has 11 aromatic rings. The molecule has 3 heteroatoms. The highest BCUT2D eigenvalue weighted by Crippen LogP contribution is 2.63. The first-order valence-corrected chi connectivity index (χ1v) is 21.3. The molecule has 62 heavy (non-hydrogen) atoms. The third-order valence-corrected chi connectivity index (χ3v) is 13.2. The van der Waals surface area contributed by atoms with Crippen LogP contribution in [0, 0.1) is 0 Å². The second-order valence-electron chi connectivity index (χ2n) is 16.4. The molecule has 0 amide bonds. The fourth-order valence-corrected chi connectivity index (χ4v) is 10.6. The van der Waals surface area contributed by atoms with E-state index in [0.29, 0.717) is 0 Å². The lowest BCUT2D eigenvalue weighted by molar-refractivity contribution is 0.436. The highest BCUT2D eigenvalue weighted by molar-refractivity contribution is 6.11. The number of ether oxygens (including phenoxy) is 1. The smallest absolute Gasteiger partial charge is 0.132 e. The predicted octanol–water partition coefficient (Wildman–Crippen LogP) is 15.5. The number of fused-ring (bicyclic) bond motifs is 14. The lowest BCUT2D eigenvalue weighted by Crippen LogP contribution is -2.32. The van der Waals surface area contributed by atoms with Crippen molar-refractivity contribution in [2.45, 2.75) is 5.41 Å². The largest absolute Gasteiger partial charge is 0.457 e. The minimum Gasteiger partial charge on any atom is -0.457 e. The molecule has 0 saturated carbocycles. The Morgan fingerprint density at radius 1 is 0.371 bits per heavy atom. The van der Waals surface area contributed by atoms with Gasteiger partial charge in [-0.05, 0) is 117 Å². The summed E-state index contributed by atoms with van der Waals surface area (Å²) in [5.74, 6) is 1.79. The fraction of sp³-hybridized carbons (Fsp3) is 0.0169. The summed E-state index contributed by atoms with van der Waals surface area (Å²) in [5.41, 5.74) is 16.0. The van der Waals surface area contributed by atoms with E-state index in [1.54, 1.807) is 0 Å². The summed E-state index contributed by atoms with van der Waals surface area (Å²) in [7, 11) is 0. The van der Waals surface area contributed by atoms with E-state index in [4.69, 9.17) is 4.74 Å². The van der Waals surface area contributed by atoms with Crippen LogP contribution < -0.4 is 9.64 Å². The zero-order valence-electron chi connectivity index (χ0n) is 33.7. The molecule has 0 N–H and O–H groups in total. The Hall–Kier alpha value is -8.14. The predicted molar refractivity (Wildman–Crippen MR) is 256 cm³/mol. The summed E-state index contributed by atoms with van der Waals surface area (Å²) in [4.78, 5) is 2.44. The van der Waals surface area contributed by atoms with Crippen molar-refractivity contribution in [2.75, 3.05) is 4.90 Å².